The van der Waals surface area contributed by atoms with Gasteiger partial charge >= 0.3 is 5.97 Å². The first-order chi connectivity index (χ1) is 6.91. The van der Waals surface area contributed by atoms with Crippen LogP contribution in [0.1, 0.15) is 18.6 Å². The maximum absolute atomic E-state index is 12.8. The van der Waals surface area contributed by atoms with Gasteiger partial charge in [0.15, 0.2) is 0 Å². The van der Waals surface area contributed by atoms with Crippen molar-refractivity contribution in [2.45, 2.75) is 13.0 Å². The monoisotopic (exact) mass is 216 g/mol. The van der Waals surface area contributed by atoms with Crippen LogP contribution in [0.3, 0.4) is 0 Å². The number of rotatable bonds is 3. The van der Waals surface area contributed by atoms with E-state index in [0.717, 1.165) is 12.1 Å². The average molecular weight is 216 g/mol. The minimum Gasteiger partial charge on any atom is -0.481 e. The molecule has 15 heavy (non-hydrogen) atoms. The first kappa shape index (κ1) is 11.6. The summed E-state index contributed by atoms with van der Waals surface area (Å²) >= 11 is 0. The molecule has 0 bridgehead atoms. The van der Waals surface area contributed by atoms with Crippen LogP contribution >= 0.6 is 0 Å². The van der Waals surface area contributed by atoms with Crippen molar-refractivity contribution in [2.75, 3.05) is 0 Å². The van der Waals surface area contributed by atoms with Crippen LogP contribution in [0.2, 0.25) is 0 Å². The van der Waals surface area contributed by atoms with Gasteiger partial charge in [-0.15, -0.1) is 0 Å². The van der Waals surface area contributed by atoms with E-state index in [2.05, 4.69) is 0 Å². The van der Waals surface area contributed by atoms with Crippen LogP contribution in [0.15, 0.2) is 18.2 Å². The Labute approximate surface area is 85.0 Å². The second-order valence-corrected chi connectivity index (χ2v) is 3.27. The lowest BCUT2D eigenvalue weighted by molar-refractivity contribution is -0.145. The van der Waals surface area contributed by atoms with Crippen LogP contribution in [0.4, 0.5) is 8.78 Å². The summed E-state index contributed by atoms with van der Waals surface area (Å²) in [6, 6.07) is 2.47. The normalized spacial score (nSPS) is 14.7. The molecule has 3 nitrogen and oxygen atoms in total. The summed E-state index contributed by atoms with van der Waals surface area (Å²) in [5.41, 5.74) is -0.0811. The summed E-state index contributed by atoms with van der Waals surface area (Å²) in [7, 11) is 0. The van der Waals surface area contributed by atoms with E-state index in [1.807, 2.05) is 0 Å². The molecular formula is C10H10F2O3. The highest BCUT2D eigenvalue weighted by Gasteiger charge is 2.23. The Bertz CT molecular complexity index is 359. The van der Waals surface area contributed by atoms with Crippen LogP contribution in [0, 0.1) is 17.6 Å². The Kier molecular flexibility index (Phi) is 3.36. The van der Waals surface area contributed by atoms with Crippen molar-refractivity contribution in [3.8, 4) is 0 Å². The number of aliphatic hydroxyl groups excluding tert-OH is 1. The molecule has 0 saturated heterocycles. The third-order valence-corrected chi connectivity index (χ3v) is 2.09. The minimum absolute atomic E-state index is 0.0811. The maximum atomic E-state index is 12.8. The number of hydrogen-bond acceptors (Lipinski definition) is 2. The van der Waals surface area contributed by atoms with Gasteiger partial charge < -0.3 is 10.2 Å². The predicted octanol–water partition coefficient (Wildman–Crippen LogP) is 1.72. The molecule has 0 fully saturated rings. The fourth-order valence-electron chi connectivity index (χ4n) is 1.17. The molecule has 0 aliphatic rings. The van der Waals surface area contributed by atoms with Crippen LogP contribution in [-0.2, 0) is 4.79 Å². The summed E-state index contributed by atoms with van der Waals surface area (Å²) in [5, 5.41) is 18.1. The molecule has 1 aromatic rings. The molecule has 0 amide bonds. The fraction of sp³-hybridized carbons (Fsp3) is 0.300. The molecule has 0 aliphatic heterocycles. The largest absolute Gasteiger partial charge is 0.481 e. The fourth-order valence-corrected chi connectivity index (χ4v) is 1.17. The zero-order chi connectivity index (χ0) is 11.6. The van der Waals surface area contributed by atoms with Gasteiger partial charge in [0.1, 0.15) is 11.6 Å². The van der Waals surface area contributed by atoms with Gasteiger partial charge in [-0.3, -0.25) is 4.79 Å². The zero-order valence-electron chi connectivity index (χ0n) is 7.95. The third-order valence-electron chi connectivity index (χ3n) is 2.09. The summed E-state index contributed by atoms with van der Waals surface area (Å²) < 4.78 is 25.5. The predicted molar refractivity (Wildman–Crippen MR) is 48.1 cm³/mol. The van der Waals surface area contributed by atoms with Crippen molar-refractivity contribution < 1.29 is 23.8 Å². The Hall–Kier alpha value is -1.49. The Morgan fingerprint density at radius 3 is 2.13 bits per heavy atom. The number of carboxylic acids is 1. The lowest BCUT2D eigenvalue weighted by atomic mass is 9.97. The number of carboxylic acid groups (broad SMARTS) is 1. The molecule has 2 unspecified atom stereocenters. The molecule has 0 saturated carbocycles. The number of halogens is 2. The molecule has 0 heterocycles. The number of aliphatic carboxylic acids is 1. The van der Waals surface area contributed by atoms with E-state index < -0.39 is 29.6 Å². The van der Waals surface area contributed by atoms with Crippen molar-refractivity contribution in [3.05, 3.63) is 35.4 Å². The number of carbonyl (C=O) groups is 1. The van der Waals surface area contributed by atoms with Gasteiger partial charge in [-0.2, -0.15) is 0 Å². The Balaban J connectivity index is 3.00. The van der Waals surface area contributed by atoms with Crippen LogP contribution in [0.25, 0.3) is 0 Å². The number of aliphatic hydroxyl groups is 1. The topological polar surface area (TPSA) is 57.5 Å². The number of benzene rings is 1. The summed E-state index contributed by atoms with van der Waals surface area (Å²) in [6.07, 6.45) is -1.42. The van der Waals surface area contributed by atoms with Crippen LogP contribution < -0.4 is 0 Å². The second-order valence-electron chi connectivity index (χ2n) is 3.27. The smallest absolute Gasteiger partial charge is 0.309 e. The van der Waals surface area contributed by atoms with E-state index in [0.29, 0.717) is 6.07 Å². The molecule has 0 aromatic heterocycles. The van der Waals surface area contributed by atoms with Crippen LogP contribution in [-0.4, -0.2) is 16.2 Å². The van der Waals surface area contributed by atoms with Crippen molar-refractivity contribution in [1.82, 2.24) is 0 Å². The Morgan fingerprint density at radius 1 is 1.27 bits per heavy atom. The molecule has 5 heteroatoms. The standard InChI is InChI=1S/C10H10F2O3/c1-5(10(14)15)9(13)6-2-7(11)4-8(12)3-6/h2-5,9,13H,1H3,(H,14,15). The SMILES string of the molecule is CC(C(=O)O)C(O)c1cc(F)cc(F)c1. The summed E-state index contributed by atoms with van der Waals surface area (Å²) in [6.45, 7) is 1.26. The average Bonchev–Trinajstić information content (AvgIpc) is 2.13. The molecule has 0 radical (unpaired) electrons. The number of hydrogen-bond donors (Lipinski definition) is 2. The highest BCUT2D eigenvalue weighted by atomic mass is 19.1. The van der Waals surface area contributed by atoms with Gasteiger partial charge in [-0.1, -0.05) is 0 Å². The first-order valence-corrected chi connectivity index (χ1v) is 4.28. The van der Waals surface area contributed by atoms with E-state index in [1.165, 1.54) is 6.92 Å². The van der Waals surface area contributed by atoms with Crippen LogP contribution in [0.5, 0.6) is 0 Å². The summed E-state index contributed by atoms with van der Waals surface area (Å²) in [4.78, 5) is 10.5. The van der Waals surface area contributed by atoms with Gasteiger partial charge in [-0.25, -0.2) is 8.78 Å². The van der Waals surface area contributed by atoms with E-state index in [1.54, 1.807) is 0 Å². The second kappa shape index (κ2) is 4.35. The van der Waals surface area contributed by atoms with Gasteiger partial charge in [-0.05, 0) is 24.6 Å². The molecular weight excluding hydrogens is 206 g/mol. The van der Waals surface area contributed by atoms with E-state index >= 15 is 0 Å². The lowest BCUT2D eigenvalue weighted by Crippen LogP contribution is -2.18. The van der Waals surface area contributed by atoms with Gasteiger partial charge in [0.2, 0.25) is 0 Å². The lowest BCUT2D eigenvalue weighted by Gasteiger charge is -2.15. The van der Waals surface area contributed by atoms with Crippen molar-refractivity contribution >= 4 is 5.97 Å². The molecule has 1 rings (SSSR count). The van der Waals surface area contributed by atoms with E-state index in [9.17, 15) is 18.7 Å². The minimum atomic E-state index is -1.42. The van der Waals surface area contributed by atoms with E-state index in [4.69, 9.17) is 5.11 Å². The third kappa shape index (κ3) is 2.73. The molecule has 2 N–H and O–H groups in total. The quantitative estimate of drug-likeness (QED) is 0.808. The summed E-state index contributed by atoms with van der Waals surface area (Å²) in [5.74, 6) is -4.04. The molecule has 82 valence electrons. The van der Waals surface area contributed by atoms with Crippen molar-refractivity contribution in [3.63, 3.8) is 0 Å². The first-order valence-electron chi connectivity index (χ1n) is 4.28. The Morgan fingerprint density at radius 2 is 1.73 bits per heavy atom. The van der Waals surface area contributed by atoms with Crippen molar-refractivity contribution in [1.29, 1.82) is 0 Å². The maximum Gasteiger partial charge on any atom is 0.309 e. The highest BCUT2D eigenvalue weighted by Crippen LogP contribution is 2.23. The van der Waals surface area contributed by atoms with Gasteiger partial charge in [0.05, 0.1) is 12.0 Å². The highest BCUT2D eigenvalue weighted by molar-refractivity contribution is 5.70. The van der Waals surface area contributed by atoms with E-state index in [-0.39, 0.29) is 5.56 Å². The van der Waals surface area contributed by atoms with Gasteiger partial charge in [0, 0.05) is 6.07 Å². The van der Waals surface area contributed by atoms with Crippen molar-refractivity contribution in [2.24, 2.45) is 5.92 Å². The molecule has 0 spiro atoms. The molecule has 0 aliphatic carbocycles. The van der Waals surface area contributed by atoms with Gasteiger partial charge in [0.25, 0.3) is 0 Å². The molecule has 2 atom stereocenters. The zero-order valence-corrected chi connectivity index (χ0v) is 7.95. The molecule has 1 aromatic carbocycles.